The number of alkyl halides is 1. The van der Waals surface area contributed by atoms with Crippen LogP contribution in [0.1, 0.15) is 11.3 Å². The summed E-state index contributed by atoms with van der Waals surface area (Å²) < 4.78 is 26.6. The van der Waals surface area contributed by atoms with Crippen LogP contribution in [0.5, 0.6) is 0 Å². The Morgan fingerprint density at radius 2 is 2.00 bits per heavy atom. The summed E-state index contributed by atoms with van der Waals surface area (Å²) in [5.74, 6) is -0.333. The molecular formula is C16H12F2N2. The van der Waals surface area contributed by atoms with Gasteiger partial charge in [-0.05, 0) is 36.8 Å². The Labute approximate surface area is 115 Å². The fourth-order valence-corrected chi connectivity index (χ4v) is 2.28. The van der Waals surface area contributed by atoms with E-state index in [1.807, 2.05) is 13.0 Å². The van der Waals surface area contributed by atoms with Crippen molar-refractivity contribution >= 4 is 10.8 Å². The summed E-state index contributed by atoms with van der Waals surface area (Å²) in [6.45, 7) is 1.21. The van der Waals surface area contributed by atoms with Crippen molar-refractivity contribution in [3.8, 4) is 11.3 Å². The number of aryl methyl sites for hydroxylation is 1. The highest BCUT2D eigenvalue weighted by atomic mass is 19.1. The topological polar surface area (TPSA) is 25.8 Å². The van der Waals surface area contributed by atoms with Gasteiger partial charge in [0.15, 0.2) is 0 Å². The molecule has 0 amide bonds. The van der Waals surface area contributed by atoms with Gasteiger partial charge in [-0.3, -0.25) is 4.98 Å². The Morgan fingerprint density at radius 3 is 2.80 bits per heavy atom. The van der Waals surface area contributed by atoms with Crippen LogP contribution in [0.4, 0.5) is 8.78 Å². The summed E-state index contributed by atoms with van der Waals surface area (Å²) in [5, 5.41) is 1.54. The predicted molar refractivity (Wildman–Crippen MR) is 74.5 cm³/mol. The average molecular weight is 270 g/mol. The van der Waals surface area contributed by atoms with Crippen molar-refractivity contribution in [2.24, 2.45) is 0 Å². The van der Waals surface area contributed by atoms with Gasteiger partial charge in [-0.2, -0.15) is 0 Å². The normalized spacial score (nSPS) is 10.9. The number of aromatic nitrogens is 2. The maximum absolute atomic E-state index is 13.4. The molecule has 0 saturated heterocycles. The lowest BCUT2D eigenvalue weighted by molar-refractivity contribution is 0.479. The highest BCUT2D eigenvalue weighted by Gasteiger charge is 2.10. The minimum Gasteiger partial charge on any atom is -0.264 e. The van der Waals surface area contributed by atoms with Crippen LogP contribution in [0.25, 0.3) is 22.0 Å². The second kappa shape index (κ2) is 4.96. The Balaban J connectivity index is 2.29. The fraction of sp³-hybridized carbons (Fsp3) is 0.125. The Morgan fingerprint density at radius 1 is 1.15 bits per heavy atom. The van der Waals surface area contributed by atoms with Crippen LogP contribution in [-0.4, -0.2) is 9.97 Å². The van der Waals surface area contributed by atoms with Gasteiger partial charge >= 0.3 is 0 Å². The van der Waals surface area contributed by atoms with E-state index in [2.05, 4.69) is 9.97 Å². The minimum absolute atomic E-state index is 0.333. The predicted octanol–water partition coefficient (Wildman–Crippen LogP) is 4.21. The van der Waals surface area contributed by atoms with Crippen LogP contribution in [0.15, 0.2) is 42.7 Å². The Kier molecular flexibility index (Phi) is 3.14. The number of hydrogen-bond donors (Lipinski definition) is 0. The third kappa shape index (κ3) is 2.13. The lowest BCUT2D eigenvalue weighted by Gasteiger charge is -2.09. The standard InChI is InChI=1S/C16H12F2N2/c1-10-2-3-12(18)7-14(10)15-6-11-9-19-5-4-13(11)16(8-17)20-15/h2-7,9H,8H2,1H3. The van der Waals surface area contributed by atoms with Crippen LogP contribution in [0.2, 0.25) is 0 Å². The van der Waals surface area contributed by atoms with Gasteiger partial charge in [-0.1, -0.05) is 6.07 Å². The first-order chi connectivity index (χ1) is 9.69. The summed E-state index contributed by atoms with van der Waals surface area (Å²) in [5.41, 5.74) is 2.48. The van der Waals surface area contributed by atoms with E-state index in [1.165, 1.54) is 12.1 Å². The van der Waals surface area contributed by atoms with Gasteiger partial charge in [-0.15, -0.1) is 0 Å². The molecule has 0 radical (unpaired) electrons. The number of benzene rings is 1. The van der Waals surface area contributed by atoms with Gasteiger partial charge < -0.3 is 0 Å². The van der Waals surface area contributed by atoms with Crippen LogP contribution in [-0.2, 0) is 6.67 Å². The average Bonchev–Trinajstić information content (AvgIpc) is 2.48. The highest BCUT2D eigenvalue weighted by molar-refractivity contribution is 5.87. The van der Waals surface area contributed by atoms with Gasteiger partial charge in [0.25, 0.3) is 0 Å². The Bertz CT molecular complexity index is 785. The summed E-state index contributed by atoms with van der Waals surface area (Å²) in [4.78, 5) is 8.36. The molecule has 100 valence electrons. The lowest BCUT2D eigenvalue weighted by atomic mass is 10.0. The summed E-state index contributed by atoms with van der Waals surface area (Å²) in [7, 11) is 0. The molecule has 0 aliphatic carbocycles. The molecule has 0 spiro atoms. The quantitative estimate of drug-likeness (QED) is 0.697. The molecule has 0 unspecified atom stereocenters. The second-order valence-corrected chi connectivity index (χ2v) is 4.64. The zero-order valence-electron chi connectivity index (χ0n) is 10.9. The molecule has 3 aromatic rings. The molecule has 2 nitrogen and oxygen atoms in total. The fourth-order valence-electron chi connectivity index (χ4n) is 2.28. The van der Waals surface area contributed by atoms with E-state index in [1.54, 1.807) is 24.5 Å². The molecule has 2 heterocycles. The van der Waals surface area contributed by atoms with Crippen molar-refractivity contribution in [1.82, 2.24) is 9.97 Å². The van der Waals surface area contributed by atoms with Gasteiger partial charge in [-0.25, -0.2) is 13.8 Å². The van der Waals surface area contributed by atoms with Gasteiger partial charge in [0.05, 0.1) is 11.4 Å². The summed E-state index contributed by atoms with van der Waals surface area (Å²) in [6.07, 6.45) is 3.27. The van der Waals surface area contributed by atoms with Crippen LogP contribution in [0, 0.1) is 12.7 Å². The molecule has 2 aromatic heterocycles. The van der Waals surface area contributed by atoms with E-state index in [-0.39, 0.29) is 5.82 Å². The molecule has 0 bridgehead atoms. The van der Waals surface area contributed by atoms with E-state index in [9.17, 15) is 8.78 Å². The number of fused-ring (bicyclic) bond motifs is 1. The third-order valence-electron chi connectivity index (χ3n) is 3.31. The number of rotatable bonds is 2. The number of nitrogens with zero attached hydrogens (tertiary/aromatic N) is 2. The monoisotopic (exact) mass is 270 g/mol. The molecule has 0 saturated carbocycles. The lowest BCUT2D eigenvalue weighted by Crippen LogP contribution is -1.95. The van der Waals surface area contributed by atoms with E-state index in [0.29, 0.717) is 17.0 Å². The van der Waals surface area contributed by atoms with E-state index in [0.717, 1.165) is 16.3 Å². The van der Waals surface area contributed by atoms with Gasteiger partial charge in [0.2, 0.25) is 0 Å². The summed E-state index contributed by atoms with van der Waals surface area (Å²) in [6, 6.07) is 8.05. The number of hydrogen-bond acceptors (Lipinski definition) is 2. The molecule has 0 aliphatic rings. The highest BCUT2D eigenvalue weighted by Crippen LogP contribution is 2.27. The number of pyridine rings is 2. The van der Waals surface area contributed by atoms with E-state index in [4.69, 9.17) is 0 Å². The van der Waals surface area contributed by atoms with Crippen LogP contribution < -0.4 is 0 Å². The van der Waals surface area contributed by atoms with Crippen molar-refractivity contribution in [1.29, 1.82) is 0 Å². The summed E-state index contributed by atoms with van der Waals surface area (Å²) >= 11 is 0. The third-order valence-corrected chi connectivity index (χ3v) is 3.31. The second-order valence-electron chi connectivity index (χ2n) is 4.64. The maximum atomic E-state index is 13.4. The van der Waals surface area contributed by atoms with Gasteiger partial charge in [0, 0.05) is 28.7 Å². The zero-order chi connectivity index (χ0) is 14.1. The van der Waals surface area contributed by atoms with Crippen molar-refractivity contribution in [2.45, 2.75) is 13.6 Å². The molecule has 0 N–H and O–H groups in total. The SMILES string of the molecule is Cc1ccc(F)cc1-c1cc2cnccc2c(CF)n1. The first-order valence-corrected chi connectivity index (χ1v) is 6.25. The number of halogens is 2. The minimum atomic E-state index is -0.664. The molecule has 0 aliphatic heterocycles. The van der Waals surface area contributed by atoms with Crippen LogP contribution >= 0.6 is 0 Å². The molecule has 20 heavy (non-hydrogen) atoms. The van der Waals surface area contributed by atoms with E-state index >= 15 is 0 Å². The van der Waals surface area contributed by atoms with Crippen molar-refractivity contribution in [3.05, 3.63) is 59.8 Å². The molecular weight excluding hydrogens is 258 g/mol. The molecule has 3 rings (SSSR count). The largest absolute Gasteiger partial charge is 0.264 e. The maximum Gasteiger partial charge on any atom is 0.132 e. The van der Waals surface area contributed by atoms with Crippen molar-refractivity contribution in [2.75, 3.05) is 0 Å². The first kappa shape index (κ1) is 12.7. The Hall–Kier alpha value is -2.36. The molecule has 0 atom stereocenters. The first-order valence-electron chi connectivity index (χ1n) is 6.25. The van der Waals surface area contributed by atoms with E-state index < -0.39 is 6.67 Å². The van der Waals surface area contributed by atoms with Crippen LogP contribution in [0.3, 0.4) is 0 Å². The van der Waals surface area contributed by atoms with Crippen molar-refractivity contribution < 1.29 is 8.78 Å². The molecule has 0 fully saturated rings. The smallest absolute Gasteiger partial charge is 0.132 e. The molecule has 4 heteroatoms. The van der Waals surface area contributed by atoms with Crippen molar-refractivity contribution in [3.63, 3.8) is 0 Å². The zero-order valence-corrected chi connectivity index (χ0v) is 10.9. The molecule has 1 aromatic carbocycles. The van der Waals surface area contributed by atoms with Gasteiger partial charge in [0.1, 0.15) is 12.5 Å².